The van der Waals surface area contributed by atoms with Crippen molar-refractivity contribution in [3.63, 3.8) is 0 Å². The topological polar surface area (TPSA) is 82.9 Å². The molecule has 0 unspecified atom stereocenters. The molecule has 0 rings (SSSR count). The molecular formula is C8H16N4O2. The van der Waals surface area contributed by atoms with E-state index in [-0.39, 0.29) is 12.1 Å². The molecule has 0 aromatic heterocycles. The summed E-state index contributed by atoms with van der Waals surface area (Å²) in [6.45, 7) is 7.17. The zero-order chi connectivity index (χ0) is 11.1. The van der Waals surface area contributed by atoms with Gasteiger partial charge >= 0.3 is 12.1 Å². The minimum absolute atomic E-state index is 0.0189. The number of rotatable bonds is 2. The van der Waals surface area contributed by atoms with Crippen LogP contribution in [0.3, 0.4) is 0 Å². The van der Waals surface area contributed by atoms with Crippen molar-refractivity contribution in [3.8, 4) is 0 Å². The molecule has 0 bridgehead atoms. The predicted molar refractivity (Wildman–Crippen MR) is 52.2 cm³/mol. The molecule has 2 N–H and O–H groups in total. The Kier molecular flexibility index (Phi) is 5.43. The first-order valence-electron chi connectivity index (χ1n) is 4.44. The summed E-state index contributed by atoms with van der Waals surface area (Å²) in [4.78, 5) is 21.8. The number of carbonyl (C=O) groups excluding carboxylic acids is 2. The maximum atomic E-state index is 10.9. The molecule has 0 aliphatic rings. The molecule has 4 amide bonds. The number of nitrogens with one attached hydrogen (secondary N) is 2. The van der Waals surface area contributed by atoms with Crippen LogP contribution in [0.5, 0.6) is 0 Å². The fourth-order valence-electron chi connectivity index (χ4n) is 0.642. The van der Waals surface area contributed by atoms with Gasteiger partial charge < -0.3 is 10.6 Å². The highest BCUT2D eigenvalue weighted by atomic mass is 16.2. The molecule has 6 heteroatoms. The van der Waals surface area contributed by atoms with Gasteiger partial charge in [-0.1, -0.05) is 10.2 Å². The molecule has 14 heavy (non-hydrogen) atoms. The third kappa shape index (κ3) is 7.20. The lowest BCUT2D eigenvalue weighted by atomic mass is 10.4. The van der Waals surface area contributed by atoms with Crippen molar-refractivity contribution < 1.29 is 9.59 Å². The van der Waals surface area contributed by atoms with E-state index in [0.29, 0.717) is 0 Å². The smallest absolute Gasteiger partial charge is 0.333 e. The first-order valence-corrected chi connectivity index (χ1v) is 4.44. The Hall–Kier alpha value is -1.46. The van der Waals surface area contributed by atoms with Crippen LogP contribution in [-0.4, -0.2) is 24.1 Å². The van der Waals surface area contributed by atoms with Crippen molar-refractivity contribution in [3.05, 3.63) is 0 Å². The normalized spacial score (nSPS) is 11.0. The predicted octanol–water partition coefficient (Wildman–Crippen LogP) is 1.67. The molecular weight excluding hydrogens is 184 g/mol. The molecule has 0 heterocycles. The van der Waals surface area contributed by atoms with Gasteiger partial charge in [0.2, 0.25) is 0 Å². The number of hydrogen-bond acceptors (Lipinski definition) is 2. The van der Waals surface area contributed by atoms with Crippen molar-refractivity contribution in [2.24, 2.45) is 10.2 Å². The van der Waals surface area contributed by atoms with E-state index in [2.05, 4.69) is 20.9 Å². The van der Waals surface area contributed by atoms with E-state index in [1.165, 1.54) is 0 Å². The van der Waals surface area contributed by atoms with Crippen molar-refractivity contribution in [2.75, 3.05) is 0 Å². The van der Waals surface area contributed by atoms with Gasteiger partial charge in [-0.2, -0.15) is 0 Å². The number of urea groups is 2. The van der Waals surface area contributed by atoms with E-state index in [4.69, 9.17) is 0 Å². The van der Waals surface area contributed by atoms with Crippen LogP contribution >= 0.6 is 0 Å². The number of hydrogen-bond donors (Lipinski definition) is 2. The van der Waals surface area contributed by atoms with Crippen LogP contribution in [-0.2, 0) is 0 Å². The van der Waals surface area contributed by atoms with Gasteiger partial charge in [-0.15, -0.1) is 0 Å². The maximum absolute atomic E-state index is 10.9. The van der Waals surface area contributed by atoms with Gasteiger partial charge in [0.15, 0.2) is 0 Å². The van der Waals surface area contributed by atoms with E-state index < -0.39 is 12.1 Å². The van der Waals surface area contributed by atoms with E-state index in [1.54, 1.807) is 27.7 Å². The van der Waals surface area contributed by atoms with Gasteiger partial charge in [-0.05, 0) is 27.7 Å². The van der Waals surface area contributed by atoms with Crippen molar-refractivity contribution in [1.82, 2.24) is 10.6 Å². The molecule has 0 aromatic carbocycles. The molecule has 0 aliphatic heterocycles. The lowest BCUT2D eigenvalue weighted by Crippen LogP contribution is -2.29. The van der Waals surface area contributed by atoms with Crippen molar-refractivity contribution >= 4 is 12.1 Å². The Bertz CT molecular complexity index is 211. The molecule has 0 aliphatic carbocycles. The Balaban J connectivity index is 3.92. The third-order valence-electron chi connectivity index (χ3n) is 1.06. The average molecular weight is 200 g/mol. The van der Waals surface area contributed by atoms with Crippen molar-refractivity contribution in [1.29, 1.82) is 0 Å². The molecule has 0 saturated carbocycles. The second-order valence-electron chi connectivity index (χ2n) is 3.41. The Labute approximate surface area is 83.2 Å². The quantitative estimate of drug-likeness (QED) is 0.664. The number of carbonyl (C=O) groups is 2. The second-order valence-corrected chi connectivity index (χ2v) is 3.41. The number of nitrogens with zero attached hydrogens (tertiary/aromatic N) is 2. The van der Waals surface area contributed by atoms with Gasteiger partial charge in [-0.25, -0.2) is 9.59 Å². The summed E-state index contributed by atoms with van der Waals surface area (Å²) in [6.07, 6.45) is 0. The fourth-order valence-corrected chi connectivity index (χ4v) is 0.642. The van der Waals surface area contributed by atoms with E-state index >= 15 is 0 Å². The summed E-state index contributed by atoms with van der Waals surface area (Å²) < 4.78 is 0. The SMILES string of the molecule is CC(C)NC(=O)/N=N/C(=O)NC(C)C. The first kappa shape index (κ1) is 12.5. The molecule has 0 atom stereocenters. The zero-order valence-corrected chi connectivity index (χ0v) is 8.87. The van der Waals surface area contributed by atoms with Gasteiger partial charge in [0.1, 0.15) is 0 Å². The van der Waals surface area contributed by atoms with E-state index in [0.717, 1.165) is 0 Å². The van der Waals surface area contributed by atoms with Crippen LogP contribution in [0.1, 0.15) is 27.7 Å². The molecule has 6 nitrogen and oxygen atoms in total. The highest BCUT2D eigenvalue weighted by molar-refractivity contribution is 5.79. The zero-order valence-electron chi connectivity index (χ0n) is 8.87. The first-order chi connectivity index (χ1) is 6.41. The van der Waals surface area contributed by atoms with Crippen molar-refractivity contribution in [2.45, 2.75) is 39.8 Å². The van der Waals surface area contributed by atoms with Gasteiger partial charge in [0.25, 0.3) is 0 Å². The monoisotopic (exact) mass is 200 g/mol. The van der Waals surface area contributed by atoms with Crippen LogP contribution in [0, 0.1) is 0 Å². The summed E-state index contributed by atoms with van der Waals surface area (Å²) in [7, 11) is 0. The molecule has 0 saturated heterocycles. The molecule has 0 fully saturated rings. The fraction of sp³-hybridized carbons (Fsp3) is 0.750. The van der Waals surface area contributed by atoms with Gasteiger partial charge in [0, 0.05) is 12.1 Å². The Morgan fingerprint density at radius 3 is 1.36 bits per heavy atom. The standard InChI is InChI=1S/C8H16N4O2/c1-5(2)9-7(13)11-12-8(14)10-6(3)4/h5-6H,1-4H3,(H,9,13)(H,10,14)/b12-11+. The molecule has 80 valence electrons. The van der Waals surface area contributed by atoms with Crippen LogP contribution < -0.4 is 10.6 Å². The Morgan fingerprint density at radius 2 is 1.14 bits per heavy atom. The molecule has 0 radical (unpaired) electrons. The van der Waals surface area contributed by atoms with E-state index in [9.17, 15) is 9.59 Å². The Morgan fingerprint density at radius 1 is 0.857 bits per heavy atom. The maximum Gasteiger partial charge on any atom is 0.359 e. The summed E-state index contributed by atoms with van der Waals surface area (Å²) in [5.74, 6) is 0. The number of azo groups is 1. The summed E-state index contributed by atoms with van der Waals surface area (Å²) in [5.41, 5.74) is 0. The van der Waals surface area contributed by atoms with Gasteiger partial charge in [0.05, 0.1) is 0 Å². The lowest BCUT2D eigenvalue weighted by molar-refractivity contribution is 0.238. The summed E-state index contributed by atoms with van der Waals surface area (Å²) in [5, 5.41) is 11.3. The highest BCUT2D eigenvalue weighted by Crippen LogP contribution is 1.85. The third-order valence-corrected chi connectivity index (χ3v) is 1.06. The average Bonchev–Trinajstić information content (AvgIpc) is 1.98. The largest absolute Gasteiger partial charge is 0.359 e. The van der Waals surface area contributed by atoms with Crippen LogP contribution in [0.2, 0.25) is 0 Å². The minimum atomic E-state index is -0.612. The highest BCUT2D eigenvalue weighted by Gasteiger charge is 2.03. The van der Waals surface area contributed by atoms with Crippen LogP contribution in [0.4, 0.5) is 9.59 Å². The van der Waals surface area contributed by atoms with Crippen LogP contribution in [0.25, 0.3) is 0 Å². The number of amides is 4. The van der Waals surface area contributed by atoms with E-state index in [1.807, 2.05) is 0 Å². The van der Waals surface area contributed by atoms with Gasteiger partial charge in [-0.3, -0.25) is 0 Å². The lowest BCUT2D eigenvalue weighted by Gasteiger charge is -2.04. The summed E-state index contributed by atoms with van der Waals surface area (Å²) in [6, 6.07) is -1.26. The molecule has 0 spiro atoms. The second kappa shape index (κ2) is 6.06. The minimum Gasteiger partial charge on any atom is -0.333 e. The molecule has 0 aromatic rings. The summed E-state index contributed by atoms with van der Waals surface area (Å²) >= 11 is 0. The van der Waals surface area contributed by atoms with Crippen LogP contribution in [0.15, 0.2) is 10.2 Å².